The molecule has 0 spiro atoms. The quantitative estimate of drug-likeness (QED) is 0.887. The second kappa shape index (κ2) is 6.55. The van der Waals surface area contributed by atoms with Crippen LogP contribution in [0, 0.1) is 11.8 Å². The molecule has 0 aliphatic heterocycles. The number of rotatable bonds is 4. The number of carboxylic acid groups (broad SMARTS) is 1. The van der Waals surface area contributed by atoms with Crippen LogP contribution in [0.25, 0.3) is 0 Å². The lowest BCUT2D eigenvalue weighted by molar-refractivity contribution is 0.0696. The van der Waals surface area contributed by atoms with Gasteiger partial charge in [-0.25, -0.2) is 4.79 Å². The summed E-state index contributed by atoms with van der Waals surface area (Å²) in [6.07, 6.45) is 4.85. The Morgan fingerprint density at radius 2 is 1.65 bits per heavy atom. The first-order chi connectivity index (χ1) is 9.56. The van der Waals surface area contributed by atoms with Gasteiger partial charge in [-0.2, -0.15) is 0 Å². The Labute approximate surface area is 119 Å². The summed E-state index contributed by atoms with van der Waals surface area (Å²) in [4.78, 5) is 22.7. The van der Waals surface area contributed by atoms with Crippen LogP contribution in [0.2, 0.25) is 0 Å². The second-order valence-electron chi connectivity index (χ2n) is 5.72. The van der Waals surface area contributed by atoms with E-state index in [0.29, 0.717) is 18.0 Å². The molecule has 1 aromatic rings. The minimum Gasteiger partial charge on any atom is -0.478 e. The molecule has 0 atom stereocenters. The van der Waals surface area contributed by atoms with Crippen molar-refractivity contribution >= 4 is 11.9 Å². The number of carboxylic acids is 1. The average molecular weight is 275 g/mol. The van der Waals surface area contributed by atoms with Crippen LogP contribution >= 0.6 is 0 Å². The molecular formula is C16H21NO3. The molecule has 1 saturated carbocycles. The first-order valence-electron chi connectivity index (χ1n) is 7.18. The summed E-state index contributed by atoms with van der Waals surface area (Å²) in [7, 11) is 0. The normalized spacial score (nSPS) is 22.2. The first-order valence-corrected chi connectivity index (χ1v) is 7.18. The van der Waals surface area contributed by atoms with Gasteiger partial charge in [-0.3, -0.25) is 4.79 Å². The highest BCUT2D eigenvalue weighted by Crippen LogP contribution is 2.27. The molecule has 1 fully saturated rings. The Kier molecular flexibility index (Phi) is 4.77. The molecule has 4 heteroatoms. The smallest absolute Gasteiger partial charge is 0.335 e. The maximum absolute atomic E-state index is 12.0. The number of carbonyl (C=O) groups is 2. The zero-order valence-corrected chi connectivity index (χ0v) is 11.8. The van der Waals surface area contributed by atoms with Gasteiger partial charge in [0, 0.05) is 12.1 Å². The number of carbonyl (C=O) groups excluding carboxylic acids is 1. The highest BCUT2D eigenvalue weighted by atomic mass is 16.4. The number of hydrogen-bond acceptors (Lipinski definition) is 2. The molecule has 4 nitrogen and oxygen atoms in total. The van der Waals surface area contributed by atoms with E-state index in [-0.39, 0.29) is 11.5 Å². The number of aromatic carboxylic acids is 1. The lowest BCUT2D eigenvalue weighted by Gasteiger charge is -2.26. The molecular weight excluding hydrogens is 254 g/mol. The van der Waals surface area contributed by atoms with Crippen molar-refractivity contribution < 1.29 is 14.7 Å². The highest BCUT2D eigenvalue weighted by molar-refractivity contribution is 5.95. The SMILES string of the molecule is CC1CCC(CNC(=O)c2ccc(C(=O)O)cc2)CC1. The van der Waals surface area contributed by atoms with Crippen molar-refractivity contribution in [1.82, 2.24) is 5.32 Å². The van der Waals surface area contributed by atoms with Crippen LogP contribution in [0.1, 0.15) is 53.3 Å². The molecule has 0 saturated heterocycles. The van der Waals surface area contributed by atoms with Gasteiger partial charge < -0.3 is 10.4 Å². The fraction of sp³-hybridized carbons (Fsp3) is 0.500. The number of hydrogen-bond donors (Lipinski definition) is 2. The van der Waals surface area contributed by atoms with Gasteiger partial charge >= 0.3 is 5.97 Å². The molecule has 1 aliphatic rings. The summed E-state index contributed by atoms with van der Waals surface area (Å²) in [5.74, 6) is 0.285. The Bertz CT molecular complexity index is 473. The number of nitrogens with one attached hydrogen (secondary N) is 1. The molecule has 1 aromatic carbocycles. The summed E-state index contributed by atoms with van der Waals surface area (Å²) >= 11 is 0. The molecule has 0 aromatic heterocycles. The van der Waals surface area contributed by atoms with Crippen LogP contribution in [-0.4, -0.2) is 23.5 Å². The van der Waals surface area contributed by atoms with Gasteiger partial charge in [0.25, 0.3) is 5.91 Å². The van der Waals surface area contributed by atoms with E-state index >= 15 is 0 Å². The van der Waals surface area contributed by atoms with E-state index in [1.54, 1.807) is 12.1 Å². The van der Waals surface area contributed by atoms with Crippen LogP contribution in [0.4, 0.5) is 0 Å². The minimum absolute atomic E-state index is 0.124. The molecule has 2 rings (SSSR count). The predicted molar refractivity (Wildman–Crippen MR) is 76.9 cm³/mol. The lowest BCUT2D eigenvalue weighted by Crippen LogP contribution is -2.31. The predicted octanol–water partition coefficient (Wildman–Crippen LogP) is 2.94. The van der Waals surface area contributed by atoms with Crippen LogP contribution in [0.3, 0.4) is 0 Å². The van der Waals surface area contributed by atoms with E-state index in [1.807, 2.05) is 0 Å². The molecule has 2 N–H and O–H groups in total. The monoisotopic (exact) mass is 275 g/mol. The third-order valence-electron chi connectivity index (χ3n) is 4.08. The van der Waals surface area contributed by atoms with E-state index in [1.165, 1.54) is 37.8 Å². The van der Waals surface area contributed by atoms with Gasteiger partial charge in [0.1, 0.15) is 0 Å². The van der Waals surface area contributed by atoms with Crippen molar-refractivity contribution in [3.63, 3.8) is 0 Å². The molecule has 0 unspecified atom stereocenters. The van der Waals surface area contributed by atoms with Crippen LogP contribution < -0.4 is 5.32 Å². The summed E-state index contributed by atoms with van der Waals surface area (Å²) in [5.41, 5.74) is 0.710. The summed E-state index contributed by atoms with van der Waals surface area (Å²) in [5, 5.41) is 11.8. The van der Waals surface area contributed by atoms with Gasteiger partial charge in [0.2, 0.25) is 0 Å². The molecule has 0 bridgehead atoms. The maximum atomic E-state index is 12.0. The number of benzene rings is 1. The van der Waals surface area contributed by atoms with Gasteiger partial charge in [0.05, 0.1) is 5.56 Å². The molecule has 0 heterocycles. The van der Waals surface area contributed by atoms with E-state index in [0.717, 1.165) is 5.92 Å². The van der Waals surface area contributed by atoms with Gasteiger partial charge in [0.15, 0.2) is 0 Å². The molecule has 0 radical (unpaired) electrons. The molecule has 1 amide bonds. The van der Waals surface area contributed by atoms with Crippen LogP contribution in [-0.2, 0) is 0 Å². The van der Waals surface area contributed by atoms with Gasteiger partial charge in [-0.1, -0.05) is 19.8 Å². The van der Waals surface area contributed by atoms with Crippen LogP contribution in [0.15, 0.2) is 24.3 Å². The van der Waals surface area contributed by atoms with E-state index < -0.39 is 5.97 Å². The zero-order valence-electron chi connectivity index (χ0n) is 11.8. The van der Waals surface area contributed by atoms with Crippen molar-refractivity contribution in [2.45, 2.75) is 32.6 Å². The topological polar surface area (TPSA) is 66.4 Å². The van der Waals surface area contributed by atoms with Gasteiger partial charge in [-0.05, 0) is 48.9 Å². The largest absolute Gasteiger partial charge is 0.478 e. The molecule has 108 valence electrons. The van der Waals surface area contributed by atoms with E-state index in [4.69, 9.17) is 5.11 Å². The fourth-order valence-electron chi connectivity index (χ4n) is 2.64. The molecule has 1 aliphatic carbocycles. The zero-order chi connectivity index (χ0) is 14.5. The average Bonchev–Trinajstić information content (AvgIpc) is 2.46. The lowest BCUT2D eigenvalue weighted by atomic mass is 9.83. The van der Waals surface area contributed by atoms with Crippen molar-refractivity contribution in [1.29, 1.82) is 0 Å². The van der Waals surface area contributed by atoms with Crippen molar-refractivity contribution in [3.05, 3.63) is 35.4 Å². The van der Waals surface area contributed by atoms with Crippen LogP contribution in [0.5, 0.6) is 0 Å². The molecule has 20 heavy (non-hydrogen) atoms. The maximum Gasteiger partial charge on any atom is 0.335 e. The standard InChI is InChI=1S/C16H21NO3/c1-11-2-4-12(5-3-11)10-17-15(18)13-6-8-14(9-7-13)16(19)20/h6-9,11-12H,2-5,10H2,1H3,(H,17,18)(H,19,20). The van der Waals surface area contributed by atoms with Crippen molar-refractivity contribution in [2.75, 3.05) is 6.54 Å². The summed E-state index contributed by atoms with van der Waals surface area (Å²) < 4.78 is 0. The Balaban J connectivity index is 1.84. The fourth-order valence-corrected chi connectivity index (χ4v) is 2.64. The Morgan fingerprint density at radius 3 is 2.20 bits per heavy atom. The highest BCUT2D eigenvalue weighted by Gasteiger charge is 2.18. The van der Waals surface area contributed by atoms with Crippen molar-refractivity contribution in [3.8, 4) is 0 Å². The Hall–Kier alpha value is -1.84. The minimum atomic E-state index is -0.978. The summed E-state index contributed by atoms with van der Waals surface area (Å²) in [6, 6.07) is 6.03. The third-order valence-corrected chi connectivity index (χ3v) is 4.08. The first kappa shape index (κ1) is 14.6. The van der Waals surface area contributed by atoms with Gasteiger partial charge in [-0.15, -0.1) is 0 Å². The second-order valence-corrected chi connectivity index (χ2v) is 5.72. The number of amides is 1. The third kappa shape index (κ3) is 3.83. The van der Waals surface area contributed by atoms with E-state index in [2.05, 4.69) is 12.2 Å². The Morgan fingerprint density at radius 1 is 1.10 bits per heavy atom. The summed E-state index contributed by atoms with van der Waals surface area (Å²) in [6.45, 7) is 2.99. The van der Waals surface area contributed by atoms with E-state index in [9.17, 15) is 9.59 Å². The van der Waals surface area contributed by atoms with Crippen molar-refractivity contribution in [2.24, 2.45) is 11.8 Å².